The number of thiophene rings is 1. The van der Waals surface area contributed by atoms with E-state index in [0.29, 0.717) is 0 Å². The fourth-order valence-corrected chi connectivity index (χ4v) is 0.948. The first-order valence-corrected chi connectivity index (χ1v) is 3.85. The summed E-state index contributed by atoms with van der Waals surface area (Å²) in [5.74, 6) is 0. The van der Waals surface area contributed by atoms with Crippen LogP contribution in [0.2, 0.25) is 0 Å². The molecule has 1 heterocycles. The number of hydrogen-bond donors (Lipinski definition) is 0. The van der Waals surface area contributed by atoms with Crippen molar-refractivity contribution >= 4 is 17.6 Å². The van der Waals surface area contributed by atoms with Crippen molar-refractivity contribution in [3.8, 4) is 0 Å². The van der Waals surface area contributed by atoms with Gasteiger partial charge in [0.2, 0.25) is 0 Å². The molecule has 0 radical (unpaired) electrons. The van der Waals surface area contributed by atoms with Crippen molar-refractivity contribution < 1.29 is 4.79 Å². The summed E-state index contributed by atoms with van der Waals surface area (Å²) in [5.41, 5.74) is 0.769. The van der Waals surface area contributed by atoms with Crippen molar-refractivity contribution in [3.63, 3.8) is 0 Å². The second kappa shape index (κ2) is 8.37. The Labute approximate surface area is 66.7 Å². The van der Waals surface area contributed by atoms with Crippen molar-refractivity contribution in [2.45, 2.75) is 21.3 Å². The quantitative estimate of drug-likeness (QED) is 0.573. The monoisotopic (exact) mass is 158 g/mol. The smallest absolute Gasteiger partial charge is 0.150 e. The van der Waals surface area contributed by atoms with Gasteiger partial charge in [0.15, 0.2) is 6.29 Å². The van der Waals surface area contributed by atoms with Gasteiger partial charge in [-0.1, -0.05) is 21.3 Å². The van der Waals surface area contributed by atoms with Gasteiger partial charge in [0, 0.05) is 10.9 Å². The van der Waals surface area contributed by atoms with Crippen LogP contribution in [0.5, 0.6) is 0 Å². The highest BCUT2D eigenvalue weighted by Gasteiger charge is 1.82. The highest BCUT2D eigenvalue weighted by Crippen LogP contribution is 2.00. The van der Waals surface area contributed by atoms with Crippen LogP contribution in [0, 0.1) is 0 Å². The van der Waals surface area contributed by atoms with Gasteiger partial charge in [0.25, 0.3) is 0 Å². The molecular formula is C8H14OS. The van der Waals surface area contributed by atoms with Crippen molar-refractivity contribution in [2.24, 2.45) is 0 Å². The molecule has 0 N–H and O–H groups in total. The van der Waals surface area contributed by atoms with E-state index in [1.54, 1.807) is 6.07 Å². The van der Waals surface area contributed by atoms with Gasteiger partial charge in [0.1, 0.15) is 0 Å². The normalized spacial score (nSPS) is 6.60. The Kier molecular flexibility index (Phi) is 10.1. The number of carbonyl (C=O) groups excluding carboxylic acids is 1. The predicted molar refractivity (Wildman–Crippen MR) is 47.8 cm³/mol. The van der Waals surface area contributed by atoms with E-state index < -0.39 is 0 Å². The van der Waals surface area contributed by atoms with Crippen molar-refractivity contribution in [1.29, 1.82) is 0 Å². The Balaban J connectivity index is 0. The number of rotatable bonds is 1. The highest BCUT2D eigenvalue weighted by atomic mass is 32.1. The van der Waals surface area contributed by atoms with Crippen LogP contribution in [0.1, 0.15) is 31.6 Å². The highest BCUT2D eigenvalue weighted by molar-refractivity contribution is 7.08. The van der Waals surface area contributed by atoms with Crippen LogP contribution < -0.4 is 0 Å². The van der Waals surface area contributed by atoms with Crippen LogP contribution in [0.25, 0.3) is 0 Å². The molecule has 1 aromatic heterocycles. The minimum atomic E-state index is 0. The lowest BCUT2D eigenvalue weighted by atomic mass is 10.4. The van der Waals surface area contributed by atoms with E-state index >= 15 is 0 Å². The standard InChI is InChI=1S/C5H4OS.C2H6.CH4/c6-3-5-1-2-7-4-5;1-2;/h1-4H;1-2H3;1H4. The Bertz CT molecular complexity index is 144. The zero-order valence-corrected chi connectivity index (χ0v) is 6.44. The third kappa shape index (κ3) is 4.27. The molecule has 0 aliphatic heterocycles. The molecule has 1 aromatic rings. The van der Waals surface area contributed by atoms with E-state index in [0.717, 1.165) is 11.8 Å². The van der Waals surface area contributed by atoms with E-state index in [-0.39, 0.29) is 7.43 Å². The number of carbonyl (C=O) groups is 1. The maximum absolute atomic E-state index is 9.87. The molecule has 0 bridgehead atoms. The topological polar surface area (TPSA) is 17.1 Å². The van der Waals surface area contributed by atoms with E-state index in [1.165, 1.54) is 11.3 Å². The average molecular weight is 158 g/mol. The Morgan fingerprint density at radius 3 is 2.30 bits per heavy atom. The van der Waals surface area contributed by atoms with Crippen LogP contribution in [0.3, 0.4) is 0 Å². The fourth-order valence-electron chi connectivity index (χ4n) is 0.342. The van der Waals surface area contributed by atoms with E-state index in [9.17, 15) is 4.79 Å². The van der Waals surface area contributed by atoms with Gasteiger partial charge in [-0.15, -0.1) is 0 Å². The molecule has 0 aromatic carbocycles. The average Bonchev–Trinajstić information content (AvgIpc) is 2.43. The Morgan fingerprint density at radius 1 is 1.50 bits per heavy atom. The lowest BCUT2D eigenvalue weighted by molar-refractivity contribution is 0.112. The third-order valence-corrected chi connectivity index (χ3v) is 1.38. The second-order valence-corrected chi connectivity index (χ2v) is 1.95. The summed E-state index contributed by atoms with van der Waals surface area (Å²) in [4.78, 5) is 9.87. The molecule has 0 spiro atoms. The molecule has 0 saturated carbocycles. The first-order chi connectivity index (χ1) is 4.43. The Morgan fingerprint density at radius 2 is 2.10 bits per heavy atom. The third-order valence-electron chi connectivity index (χ3n) is 0.679. The molecule has 0 fully saturated rings. The molecule has 2 heteroatoms. The molecule has 0 amide bonds. The molecule has 58 valence electrons. The van der Waals surface area contributed by atoms with E-state index in [4.69, 9.17) is 0 Å². The minimum absolute atomic E-state index is 0. The van der Waals surface area contributed by atoms with E-state index in [2.05, 4.69) is 0 Å². The van der Waals surface area contributed by atoms with Gasteiger partial charge in [-0.3, -0.25) is 4.79 Å². The molecule has 0 atom stereocenters. The molecule has 1 nitrogen and oxygen atoms in total. The van der Waals surface area contributed by atoms with Crippen LogP contribution in [-0.2, 0) is 0 Å². The lowest BCUT2D eigenvalue weighted by Crippen LogP contribution is -1.64. The van der Waals surface area contributed by atoms with Gasteiger partial charge in [-0.05, 0) is 11.4 Å². The van der Waals surface area contributed by atoms with Crippen LogP contribution in [-0.4, -0.2) is 6.29 Å². The summed E-state index contributed by atoms with van der Waals surface area (Å²) in [6.45, 7) is 4.00. The fraction of sp³-hybridized carbons (Fsp3) is 0.375. The molecule has 0 aliphatic rings. The van der Waals surface area contributed by atoms with E-state index in [1.807, 2.05) is 24.6 Å². The van der Waals surface area contributed by atoms with Gasteiger partial charge < -0.3 is 0 Å². The van der Waals surface area contributed by atoms with Crippen molar-refractivity contribution in [3.05, 3.63) is 22.4 Å². The second-order valence-electron chi connectivity index (χ2n) is 1.17. The van der Waals surface area contributed by atoms with Crippen molar-refractivity contribution in [1.82, 2.24) is 0 Å². The van der Waals surface area contributed by atoms with Gasteiger partial charge in [0.05, 0.1) is 0 Å². The number of aldehydes is 1. The molecule has 0 unspecified atom stereocenters. The van der Waals surface area contributed by atoms with Crippen LogP contribution in [0.15, 0.2) is 16.8 Å². The molecule has 0 saturated heterocycles. The summed E-state index contributed by atoms with van der Waals surface area (Å²) in [6.07, 6.45) is 0.844. The van der Waals surface area contributed by atoms with Gasteiger partial charge >= 0.3 is 0 Å². The molecular weight excluding hydrogens is 144 g/mol. The molecule has 0 aliphatic carbocycles. The van der Waals surface area contributed by atoms with Crippen molar-refractivity contribution in [2.75, 3.05) is 0 Å². The predicted octanol–water partition coefficient (Wildman–Crippen LogP) is 3.22. The first-order valence-electron chi connectivity index (χ1n) is 2.91. The van der Waals surface area contributed by atoms with Gasteiger partial charge in [-0.25, -0.2) is 0 Å². The zero-order valence-electron chi connectivity index (χ0n) is 5.63. The maximum Gasteiger partial charge on any atom is 0.150 e. The Hall–Kier alpha value is -0.630. The molecule has 10 heavy (non-hydrogen) atoms. The number of hydrogen-bond acceptors (Lipinski definition) is 2. The summed E-state index contributed by atoms with van der Waals surface area (Å²) >= 11 is 1.53. The maximum atomic E-state index is 9.87. The lowest BCUT2D eigenvalue weighted by Gasteiger charge is -1.65. The van der Waals surface area contributed by atoms with Crippen LogP contribution in [0.4, 0.5) is 0 Å². The molecule has 1 rings (SSSR count). The van der Waals surface area contributed by atoms with Gasteiger partial charge in [-0.2, -0.15) is 11.3 Å². The van der Waals surface area contributed by atoms with Crippen LogP contribution >= 0.6 is 11.3 Å². The summed E-state index contributed by atoms with van der Waals surface area (Å²) in [5, 5.41) is 3.69. The largest absolute Gasteiger partial charge is 0.298 e. The first kappa shape index (κ1) is 12.1. The summed E-state index contributed by atoms with van der Waals surface area (Å²) in [7, 11) is 0. The SMILES string of the molecule is C.CC.O=Cc1ccsc1. The minimum Gasteiger partial charge on any atom is -0.298 e. The zero-order chi connectivity index (χ0) is 7.11. The summed E-state index contributed by atoms with van der Waals surface area (Å²) in [6, 6.07) is 1.79. The summed E-state index contributed by atoms with van der Waals surface area (Å²) < 4.78 is 0.